The molecule has 4 spiro atoms. The Balaban J connectivity index is 0.000000145. The van der Waals surface area contributed by atoms with E-state index in [1.165, 1.54) is 23.8 Å². The molecule has 4 saturated carbocycles. The van der Waals surface area contributed by atoms with E-state index in [1.54, 1.807) is 51.1 Å². The molecule has 3 amide bonds. The molecule has 5 heterocycles. The fourth-order valence-corrected chi connectivity index (χ4v) is 20.2. The number of benzene rings is 8. The van der Waals surface area contributed by atoms with E-state index in [0.29, 0.717) is 86.9 Å². The van der Waals surface area contributed by atoms with Gasteiger partial charge in [0.15, 0.2) is 49.4 Å². The third-order valence-electron chi connectivity index (χ3n) is 26.0. The lowest BCUT2D eigenvalue weighted by atomic mass is 9.74. The first-order valence-electron chi connectivity index (χ1n) is 44.2. The highest BCUT2D eigenvalue weighted by Gasteiger charge is 2.63. The van der Waals surface area contributed by atoms with Gasteiger partial charge in [-0.25, -0.2) is 19.4 Å². The highest BCUT2D eigenvalue weighted by Crippen LogP contribution is 2.54. The second-order valence-electron chi connectivity index (χ2n) is 34.0. The first kappa shape index (κ1) is 94.3. The van der Waals surface area contributed by atoms with Crippen LogP contribution in [0.15, 0.2) is 175 Å². The van der Waals surface area contributed by atoms with Crippen LogP contribution in [0.1, 0.15) is 173 Å². The number of hydrogen-bond donors (Lipinski definition) is 4. The normalized spacial score (nSPS) is 17.8. The highest BCUT2D eigenvalue weighted by molar-refractivity contribution is 7.81. The fourth-order valence-electron chi connectivity index (χ4n) is 18.3. The van der Waals surface area contributed by atoms with Crippen LogP contribution in [0.25, 0.3) is 19.4 Å². The molecule has 1 unspecified atom stereocenters. The smallest absolute Gasteiger partial charge is 0.305 e. The van der Waals surface area contributed by atoms with Crippen LogP contribution < -0.4 is 56.0 Å². The van der Waals surface area contributed by atoms with E-state index in [0.717, 1.165) is 228 Å². The summed E-state index contributed by atoms with van der Waals surface area (Å²) in [5.41, 5.74) is 24.8. The molecule has 8 aromatic rings. The van der Waals surface area contributed by atoms with Gasteiger partial charge in [0, 0.05) is 90.8 Å². The van der Waals surface area contributed by atoms with Gasteiger partial charge in [0.25, 0.3) is 17.7 Å². The lowest BCUT2D eigenvalue weighted by Gasteiger charge is -2.46. The average molecular weight is 1800 g/mol. The number of nitrogens with zero attached hydrogens (tertiary/aromatic N) is 13. The Morgan fingerprint density at radius 2 is 0.760 bits per heavy atom. The second-order valence-corrected chi connectivity index (χ2v) is 35.4. The van der Waals surface area contributed by atoms with Crippen molar-refractivity contribution in [3.05, 3.63) is 260 Å². The van der Waals surface area contributed by atoms with Crippen molar-refractivity contribution in [2.45, 2.75) is 210 Å². The summed E-state index contributed by atoms with van der Waals surface area (Å²) in [5.74, 6) is 0.991. The predicted octanol–water partition coefficient (Wildman–Crippen LogP) is 19.0. The van der Waals surface area contributed by atoms with Crippen LogP contribution in [0.4, 0.5) is 68.2 Å². The average Bonchev–Trinajstić information content (AvgIpc) is 1.58. The minimum Gasteiger partial charge on any atom is -0.469 e. The first-order chi connectivity index (χ1) is 62.4. The maximum Gasteiger partial charge on any atom is 0.305 e. The molecule has 8 fully saturated rings. The molecular weight excluding hydrogens is 1690 g/mol. The summed E-state index contributed by atoms with van der Waals surface area (Å²) >= 11 is 23.4. The zero-order chi connectivity index (χ0) is 91.9. The minimum absolute atomic E-state index is 0.00543. The van der Waals surface area contributed by atoms with Gasteiger partial charge in [-0.3, -0.25) is 43.8 Å². The van der Waals surface area contributed by atoms with Gasteiger partial charge in [0.2, 0.25) is 0 Å². The molecule has 9 aliphatic rings. The SMILES string of the molecule is NCCN.[C-]#[N+]c1ccc(N2C(=O)C3(CCC3)N(c3ccc(CCCC(=O)OC)cc3)C2=S)cc1C.[C-]#[N+]c1ccc(N2C(=O)C3(CCC3)N(c3ccc(CCCC4=NCCN4)cc3)C2=S)cc1C.[C-]#[N+]c1ccc(N2C(=O)C3(CCC3)N(c3ccc(CCCC=O)cc3)C2=S)cc1C.[C-]#[N+]c1ccc(N2C(=S)N(c3ccc(CCCC=O)cc3)C3(CCC3)C2O)cc1C. The molecule has 0 aromatic heterocycles. The van der Waals surface area contributed by atoms with Crippen LogP contribution in [0.3, 0.4) is 0 Å². The number of aryl methyl sites for hydroxylation is 8. The highest BCUT2D eigenvalue weighted by atomic mass is 32.1. The number of aliphatic hydroxyl groups excluding tert-OH is 1. The summed E-state index contributed by atoms with van der Waals surface area (Å²) in [6, 6.07) is 54.9. The number of rotatable bonds is 25. The largest absolute Gasteiger partial charge is 0.469 e. The van der Waals surface area contributed by atoms with E-state index in [9.17, 15) is 33.9 Å². The number of esters is 1. The summed E-state index contributed by atoms with van der Waals surface area (Å²) in [5, 5.41) is 16.7. The monoisotopic (exact) mass is 1800 g/mol. The Morgan fingerprint density at radius 3 is 1.04 bits per heavy atom. The van der Waals surface area contributed by atoms with E-state index in [4.69, 9.17) is 91.4 Å². The van der Waals surface area contributed by atoms with Crippen molar-refractivity contribution >= 4 is 180 Å². The first-order valence-corrected chi connectivity index (χ1v) is 45.8. The number of carbonyl (C=O) groups is 6. The molecule has 6 N–H and O–H groups in total. The van der Waals surface area contributed by atoms with Gasteiger partial charge < -0.3 is 55.8 Å². The summed E-state index contributed by atoms with van der Waals surface area (Å²) in [4.78, 5) is 107. The van der Waals surface area contributed by atoms with E-state index < -0.39 is 28.4 Å². The Bertz CT molecular complexity index is 5800. The standard InChI is InChI=1S/C26H27N5OS.C25H25N3O3S.C24H25N3O2S.C24H23N3O2S.C2H8N2/c1-18-17-21(11-12-22(18)27-2)30-24(32)26(13-4-14-26)31(25(30)33)20-9-7-19(8-10-20)5-3-6-23-28-15-16-29-23;1-17-16-20(12-13-21(17)26-2)27-23(30)25(14-5-15-25)28(24(27)32)19-10-8-18(9-11-19)6-4-7-22(29)31-3;2*1-17-16-20(11-12-21(17)25-2)26-22(29)24(13-5-14-24)27(23(26)30)19-9-7-18(8-10-19)6-3-4-15-28;3-1-2-4/h7-12,17H,3-6,13-16H2,1H3,(H,28,29);8-13,16H,4-7,14-15H2,1,3H3;7-12,15-16,22,29H,3-6,13-14H2,1H3;7-12,15-16H,3-6,13-14H2,1H3;1-4H2. The van der Waals surface area contributed by atoms with Gasteiger partial charge in [0.05, 0.1) is 51.3 Å². The molecule has 0 bridgehead atoms. The van der Waals surface area contributed by atoms with Crippen molar-refractivity contribution in [1.29, 1.82) is 0 Å². The van der Waals surface area contributed by atoms with Crippen LogP contribution in [0.5, 0.6) is 0 Å². The van der Waals surface area contributed by atoms with Crippen molar-refractivity contribution in [2.75, 3.05) is 72.5 Å². The van der Waals surface area contributed by atoms with Crippen LogP contribution >= 0.6 is 48.9 Å². The maximum atomic E-state index is 13.6. The number of aliphatic hydroxyl groups is 1. The van der Waals surface area contributed by atoms with Crippen molar-refractivity contribution in [1.82, 2.24) is 5.32 Å². The molecule has 24 nitrogen and oxygen atoms in total. The number of aldehydes is 2. The number of nitrogens with two attached hydrogens (primary N) is 2. The third kappa shape index (κ3) is 19.1. The number of hydrogen-bond acceptors (Lipinski definition) is 16. The summed E-state index contributed by atoms with van der Waals surface area (Å²) in [6.45, 7) is 39.7. The van der Waals surface area contributed by atoms with Gasteiger partial charge >= 0.3 is 5.97 Å². The third-order valence-corrected chi connectivity index (χ3v) is 27.5. The molecule has 5 aliphatic heterocycles. The van der Waals surface area contributed by atoms with E-state index in [1.807, 2.05) is 115 Å². The number of unbranched alkanes of at least 4 members (excludes halogenated alkanes) is 2. The quantitative estimate of drug-likeness (QED) is 0.0136. The molecule has 4 aliphatic carbocycles. The number of anilines is 8. The Morgan fingerprint density at radius 1 is 0.450 bits per heavy atom. The number of amides is 3. The minimum atomic E-state index is -0.732. The number of nitrogens with one attached hydrogen (secondary N) is 1. The molecule has 1 atom stereocenters. The fraction of sp³-hybridized carbons (Fsp3) is 0.376. The van der Waals surface area contributed by atoms with Crippen molar-refractivity contribution in [3.8, 4) is 0 Å². The maximum absolute atomic E-state index is 13.6. The van der Waals surface area contributed by atoms with Crippen LogP contribution in [0, 0.1) is 54.0 Å². The number of aliphatic imine (C=N–C) groups is 1. The topological polar surface area (TPSA) is 252 Å². The van der Waals surface area contributed by atoms with Gasteiger partial charge in [-0.2, -0.15) is 0 Å². The van der Waals surface area contributed by atoms with Crippen LogP contribution in [0.2, 0.25) is 0 Å². The summed E-state index contributed by atoms with van der Waals surface area (Å²) < 4.78 is 4.69. The van der Waals surface area contributed by atoms with E-state index in [-0.39, 0.29) is 23.7 Å². The number of amidine groups is 1. The zero-order valence-corrected chi connectivity index (χ0v) is 76.9. The van der Waals surface area contributed by atoms with Gasteiger partial charge in [-0.15, -0.1) is 0 Å². The summed E-state index contributed by atoms with van der Waals surface area (Å²) in [7, 11) is 1.40. The van der Waals surface area contributed by atoms with Crippen molar-refractivity contribution in [2.24, 2.45) is 16.5 Å². The molecule has 8 aromatic carbocycles. The zero-order valence-electron chi connectivity index (χ0n) is 73.6. The second kappa shape index (κ2) is 41.8. The Hall–Kier alpha value is -12.4. The van der Waals surface area contributed by atoms with Crippen molar-refractivity contribution in [3.63, 3.8) is 0 Å². The molecule has 28 heteroatoms. The van der Waals surface area contributed by atoms with Crippen LogP contribution in [-0.4, -0.2) is 129 Å². The lowest BCUT2D eigenvalue weighted by Crippen LogP contribution is -2.57. The summed E-state index contributed by atoms with van der Waals surface area (Å²) in [6.07, 6.45) is 21.2. The van der Waals surface area contributed by atoms with Gasteiger partial charge in [-0.1, -0.05) is 72.8 Å². The molecule has 17 rings (SSSR count). The predicted molar refractivity (Wildman–Crippen MR) is 527 cm³/mol. The number of thiocarbonyl (C=S) groups is 4. The molecule has 0 radical (unpaired) electrons. The van der Waals surface area contributed by atoms with Crippen LogP contribution in [-0.2, 0) is 59.2 Å². The molecular formula is C101H108N16O8S4. The lowest BCUT2D eigenvalue weighted by molar-refractivity contribution is -0.140. The Labute approximate surface area is 777 Å². The van der Waals surface area contributed by atoms with Crippen molar-refractivity contribution < 1.29 is 38.6 Å². The van der Waals surface area contributed by atoms with Gasteiger partial charge in [-0.05, 0) is 347 Å². The molecule has 4 saturated heterocycles. The van der Waals surface area contributed by atoms with Gasteiger partial charge in [0.1, 0.15) is 29.2 Å². The molecule has 664 valence electrons. The number of carbonyl (C=O) groups excluding carboxylic acids is 6. The van der Waals surface area contributed by atoms with E-state index >= 15 is 0 Å². The molecule has 129 heavy (non-hydrogen) atoms. The number of methoxy groups -OCH3 is 1. The Kier molecular flexibility index (Phi) is 30.6. The van der Waals surface area contributed by atoms with E-state index in [2.05, 4.69) is 100 Å². The number of ether oxygens (including phenoxy) is 1.